The molecule has 0 amide bonds. The molecule has 0 saturated carbocycles. The summed E-state index contributed by atoms with van der Waals surface area (Å²) < 4.78 is 5.09. The molecule has 0 spiro atoms. The molecule has 2 rings (SSSR count). The lowest BCUT2D eigenvalue weighted by Crippen LogP contribution is -2.02. The number of carbonyl (C=O) groups is 1. The van der Waals surface area contributed by atoms with Crippen LogP contribution >= 0.6 is 0 Å². The van der Waals surface area contributed by atoms with Gasteiger partial charge in [-0.15, -0.1) is 0 Å². The van der Waals surface area contributed by atoms with Gasteiger partial charge in [0.05, 0.1) is 6.33 Å². The first kappa shape index (κ1) is 11.4. The van der Waals surface area contributed by atoms with Crippen LogP contribution in [0, 0.1) is 6.92 Å². The summed E-state index contributed by atoms with van der Waals surface area (Å²) in [4.78, 5) is 18.2. The van der Waals surface area contributed by atoms with Crippen molar-refractivity contribution >= 4 is 5.97 Å². The Morgan fingerprint density at radius 1 is 1.53 bits per heavy atom. The van der Waals surface area contributed by atoms with E-state index >= 15 is 0 Å². The summed E-state index contributed by atoms with van der Waals surface area (Å²) in [6.07, 6.45) is 2.86. The van der Waals surface area contributed by atoms with Gasteiger partial charge in [-0.25, -0.2) is 9.78 Å². The van der Waals surface area contributed by atoms with Crippen LogP contribution in [0.2, 0.25) is 0 Å². The summed E-state index contributed by atoms with van der Waals surface area (Å²) >= 11 is 0. The zero-order valence-corrected chi connectivity index (χ0v) is 9.65. The minimum atomic E-state index is -1.04. The van der Waals surface area contributed by atoms with E-state index in [2.05, 4.69) is 15.1 Å². The highest BCUT2D eigenvalue weighted by molar-refractivity contribution is 5.95. The fourth-order valence-corrected chi connectivity index (χ4v) is 1.70. The van der Waals surface area contributed by atoms with E-state index in [4.69, 9.17) is 4.52 Å². The van der Waals surface area contributed by atoms with Crippen molar-refractivity contribution in [2.75, 3.05) is 0 Å². The average molecular weight is 235 g/mol. The summed E-state index contributed by atoms with van der Waals surface area (Å²) in [6.45, 7) is 3.76. The molecule has 2 heterocycles. The number of aromatic nitrogens is 3. The number of aromatic amines is 1. The number of hydrogen-bond donors (Lipinski definition) is 2. The molecule has 0 unspecified atom stereocenters. The highest BCUT2D eigenvalue weighted by Crippen LogP contribution is 2.26. The third kappa shape index (κ3) is 1.93. The normalized spacial score (nSPS) is 10.7. The highest BCUT2D eigenvalue weighted by atomic mass is 16.5. The Morgan fingerprint density at radius 3 is 2.82 bits per heavy atom. The van der Waals surface area contributed by atoms with Crippen LogP contribution in [-0.2, 0) is 6.42 Å². The molecule has 0 saturated heterocycles. The molecule has 2 aromatic heterocycles. The monoisotopic (exact) mass is 235 g/mol. The number of nitrogens with zero attached hydrogens (tertiary/aromatic N) is 2. The number of nitrogens with one attached hydrogen (secondary N) is 1. The molecular formula is C11H13N3O3. The second-order valence-electron chi connectivity index (χ2n) is 3.76. The molecule has 6 nitrogen and oxygen atoms in total. The molecule has 0 aliphatic carbocycles. The maximum Gasteiger partial charge on any atom is 0.341 e. The molecule has 0 aliphatic rings. The SMILES string of the molecule is CCCc1onc(-c2nc[nH]c2C)c1C(=O)O. The molecule has 0 atom stereocenters. The van der Waals surface area contributed by atoms with E-state index in [-0.39, 0.29) is 5.56 Å². The first-order valence-corrected chi connectivity index (χ1v) is 5.37. The zero-order valence-electron chi connectivity index (χ0n) is 9.65. The molecule has 6 heteroatoms. The minimum absolute atomic E-state index is 0.113. The number of carboxylic acids is 1. The molecule has 90 valence electrons. The Labute approximate surface area is 97.7 Å². The fourth-order valence-electron chi connectivity index (χ4n) is 1.70. The van der Waals surface area contributed by atoms with Gasteiger partial charge >= 0.3 is 5.97 Å². The van der Waals surface area contributed by atoms with Crippen molar-refractivity contribution in [2.24, 2.45) is 0 Å². The lowest BCUT2D eigenvalue weighted by Gasteiger charge is -1.96. The van der Waals surface area contributed by atoms with E-state index in [0.29, 0.717) is 23.6 Å². The summed E-state index contributed by atoms with van der Waals surface area (Å²) in [5, 5.41) is 13.0. The van der Waals surface area contributed by atoms with Crippen molar-refractivity contribution in [3.05, 3.63) is 23.3 Å². The lowest BCUT2D eigenvalue weighted by molar-refractivity contribution is 0.0695. The number of aryl methyl sites for hydroxylation is 2. The predicted octanol–water partition coefficient (Wildman–Crippen LogP) is 2.02. The average Bonchev–Trinajstić information content (AvgIpc) is 2.84. The summed E-state index contributed by atoms with van der Waals surface area (Å²) in [5.41, 5.74) is 1.69. The first-order valence-electron chi connectivity index (χ1n) is 5.37. The molecule has 0 fully saturated rings. The largest absolute Gasteiger partial charge is 0.477 e. The van der Waals surface area contributed by atoms with Crippen molar-refractivity contribution in [3.8, 4) is 11.4 Å². The number of H-pyrrole nitrogens is 1. The summed E-state index contributed by atoms with van der Waals surface area (Å²) in [6, 6.07) is 0. The zero-order chi connectivity index (χ0) is 12.4. The third-order valence-corrected chi connectivity index (χ3v) is 2.51. The molecule has 0 bridgehead atoms. The molecule has 0 aliphatic heterocycles. The molecular weight excluding hydrogens is 222 g/mol. The van der Waals surface area contributed by atoms with Gasteiger partial charge in [-0.3, -0.25) is 0 Å². The standard InChI is InChI=1S/C11H13N3O3/c1-3-4-7-8(11(15)16)10(14-17-7)9-6(2)12-5-13-9/h5H,3-4H2,1-2H3,(H,12,13)(H,15,16). The van der Waals surface area contributed by atoms with Crippen molar-refractivity contribution in [2.45, 2.75) is 26.7 Å². The number of imidazole rings is 1. The van der Waals surface area contributed by atoms with Crippen molar-refractivity contribution < 1.29 is 14.4 Å². The number of carboxylic acid groups (broad SMARTS) is 1. The van der Waals surface area contributed by atoms with Crippen molar-refractivity contribution in [1.82, 2.24) is 15.1 Å². The Hall–Kier alpha value is -2.11. The maximum absolute atomic E-state index is 11.2. The van der Waals surface area contributed by atoms with Gasteiger partial charge in [-0.1, -0.05) is 12.1 Å². The molecule has 0 radical (unpaired) electrons. The Kier molecular flexibility index (Phi) is 2.95. The van der Waals surface area contributed by atoms with E-state index in [1.807, 2.05) is 13.8 Å². The second-order valence-corrected chi connectivity index (χ2v) is 3.76. The lowest BCUT2D eigenvalue weighted by atomic mass is 10.1. The van der Waals surface area contributed by atoms with Crippen LogP contribution in [0.5, 0.6) is 0 Å². The maximum atomic E-state index is 11.2. The van der Waals surface area contributed by atoms with Crippen molar-refractivity contribution in [3.63, 3.8) is 0 Å². The Bertz CT molecular complexity index is 542. The highest BCUT2D eigenvalue weighted by Gasteiger charge is 2.25. The third-order valence-electron chi connectivity index (χ3n) is 2.51. The van der Waals surface area contributed by atoms with Gasteiger partial charge in [0.25, 0.3) is 0 Å². The summed E-state index contributed by atoms with van der Waals surface area (Å²) in [7, 11) is 0. The first-order chi connectivity index (χ1) is 8.15. The predicted molar refractivity (Wildman–Crippen MR) is 59.8 cm³/mol. The molecule has 0 aromatic carbocycles. The van der Waals surface area contributed by atoms with Gasteiger partial charge in [0.2, 0.25) is 0 Å². The van der Waals surface area contributed by atoms with Crippen LogP contribution in [0.25, 0.3) is 11.4 Å². The van der Waals surface area contributed by atoms with Crippen LogP contribution in [0.3, 0.4) is 0 Å². The van der Waals surface area contributed by atoms with E-state index in [1.165, 1.54) is 6.33 Å². The minimum Gasteiger partial charge on any atom is -0.477 e. The van der Waals surface area contributed by atoms with E-state index in [9.17, 15) is 9.90 Å². The van der Waals surface area contributed by atoms with Gasteiger partial charge in [0.15, 0.2) is 5.76 Å². The van der Waals surface area contributed by atoms with Crippen molar-refractivity contribution in [1.29, 1.82) is 0 Å². The van der Waals surface area contributed by atoms with Crippen LogP contribution in [0.1, 0.15) is 35.2 Å². The quantitative estimate of drug-likeness (QED) is 0.845. The Morgan fingerprint density at radius 2 is 2.29 bits per heavy atom. The summed E-state index contributed by atoms with van der Waals surface area (Å²) in [5.74, 6) is -0.635. The van der Waals surface area contributed by atoms with Crippen LogP contribution in [-0.4, -0.2) is 26.2 Å². The smallest absolute Gasteiger partial charge is 0.341 e. The van der Waals surface area contributed by atoms with E-state index < -0.39 is 5.97 Å². The van der Waals surface area contributed by atoms with Gasteiger partial charge in [-0.05, 0) is 13.3 Å². The van der Waals surface area contributed by atoms with Gasteiger partial charge < -0.3 is 14.6 Å². The molecule has 17 heavy (non-hydrogen) atoms. The fraction of sp³-hybridized carbons (Fsp3) is 0.364. The van der Waals surface area contributed by atoms with Crippen LogP contribution in [0.15, 0.2) is 10.9 Å². The number of rotatable bonds is 4. The molecule has 2 aromatic rings. The number of hydrogen-bond acceptors (Lipinski definition) is 4. The van der Waals surface area contributed by atoms with E-state index in [1.54, 1.807) is 0 Å². The molecule has 2 N–H and O–H groups in total. The topological polar surface area (TPSA) is 92.0 Å². The van der Waals surface area contributed by atoms with Crippen LogP contribution < -0.4 is 0 Å². The van der Waals surface area contributed by atoms with Gasteiger partial charge in [-0.2, -0.15) is 0 Å². The second kappa shape index (κ2) is 4.40. The number of aromatic carboxylic acids is 1. The Balaban J connectivity index is 2.55. The van der Waals surface area contributed by atoms with Gasteiger partial charge in [0, 0.05) is 12.1 Å². The van der Waals surface area contributed by atoms with E-state index in [0.717, 1.165) is 12.1 Å². The van der Waals surface area contributed by atoms with Gasteiger partial charge in [0.1, 0.15) is 17.0 Å². The van der Waals surface area contributed by atoms with Crippen LogP contribution in [0.4, 0.5) is 0 Å².